The summed E-state index contributed by atoms with van der Waals surface area (Å²) in [6, 6.07) is 13.1. The molecule has 1 unspecified atom stereocenters. The third kappa shape index (κ3) is 4.72. The third-order valence-corrected chi connectivity index (χ3v) is 4.45. The van der Waals surface area contributed by atoms with E-state index in [0.29, 0.717) is 16.3 Å². The molecule has 0 aliphatic carbocycles. The summed E-state index contributed by atoms with van der Waals surface area (Å²) in [7, 11) is 1.66. The second-order valence-electron chi connectivity index (χ2n) is 5.03. The van der Waals surface area contributed by atoms with Crippen LogP contribution in [0, 0.1) is 11.7 Å². The van der Waals surface area contributed by atoms with Crippen LogP contribution in [0.2, 0.25) is 0 Å². The molecule has 0 heterocycles. The Labute approximate surface area is 138 Å². The number of benzene rings is 2. The summed E-state index contributed by atoms with van der Waals surface area (Å²) in [4.78, 5) is 0. The molecule has 1 nitrogen and oxygen atoms in total. The van der Waals surface area contributed by atoms with Crippen molar-refractivity contribution in [1.82, 2.24) is 0 Å². The van der Waals surface area contributed by atoms with E-state index in [2.05, 4.69) is 28.1 Å². The van der Waals surface area contributed by atoms with E-state index in [1.54, 1.807) is 7.11 Å². The lowest BCUT2D eigenvalue weighted by Gasteiger charge is -2.15. The van der Waals surface area contributed by atoms with Gasteiger partial charge in [-0.05, 0) is 70.1 Å². The lowest BCUT2D eigenvalue weighted by atomic mass is 9.94. The molecule has 0 radical (unpaired) electrons. The third-order valence-electron chi connectivity index (χ3n) is 3.41. The Morgan fingerprint density at radius 3 is 2.29 bits per heavy atom. The molecule has 2 rings (SSSR count). The van der Waals surface area contributed by atoms with Gasteiger partial charge in [-0.1, -0.05) is 18.2 Å². The molecule has 0 fully saturated rings. The van der Waals surface area contributed by atoms with Crippen LogP contribution in [0.25, 0.3) is 0 Å². The molecule has 112 valence electrons. The van der Waals surface area contributed by atoms with Crippen molar-refractivity contribution in [3.8, 4) is 5.75 Å². The van der Waals surface area contributed by atoms with Crippen molar-refractivity contribution in [2.45, 2.75) is 12.8 Å². The standard InChI is InChI=1S/C17H17BrClFO/c1-21-15-5-2-12(3-6-15)8-14(11-19)9-13-4-7-17(20)16(18)10-13/h2-7,10,14H,8-9,11H2,1H3. The van der Waals surface area contributed by atoms with Crippen LogP contribution in [0.15, 0.2) is 46.9 Å². The lowest BCUT2D eigenvalue weighted by molar-refractivity contribution is 0.414. The molecule has 0 aliphatic rings. The summed E-state index contributed by atoms with van der Waals surface area (Å²) >= 11 is 9.31. The number of rotatable bonds is 6. The van der Waals surface area contributed by atoms with Crippen LogP contribution >= 0.6 is 27.5 Å². The van der Waals surface area contributed by atoms with E-state index in [0.717, 1.165) is 24.2 Å². The maximum Gasteiger partial charge on any atom is 0.137 e. The lowest BCUT2D eigenvalue weighted by Crippen LogP contribution is -2.10. The van der Waals surface area contributed by atoms with Gasteiger partial charge < -0.3 is 4.74 Å². The highest BCUT2D eigenvalue weighted by Crippen LogP contribution is 2.22. The zero-order valence-electron chi connectivity index (χ0n) is 11.8. The minimum absolute atomic E-state index is 0.240. The highest BCUT2D eigenvalue weighted by molar-refractivity contribution is 9.10. The molecule has 0 aliphatic heterocycles. The van der Waals surface area contributed by atoms with Crippen molar-refractivity contribution in [3.05, 3.63) is 63.9 Å². The summed E-state index contributed by atoms with van der Waals surface area (Å²) in [6.45, 7) is 0. The molecule has 2 aromatic carbocycles. The quantitative estimate of drug-likeness (QED) is 0.631. The monoisotopic (exact) mass is 370 g/mol. The largest absolute Gasteiger partial charge is 0.497 e. The van der Waals surface area contributed by atoms with E-state index in [9.17, 15) is 4.39 Å². The molecule has 1 atom stereocenters. The van der Waals surface area contributed by atoms with Crippen molar-refractivity contribution in [2.75, 3.05) is 13.0 Å². The highest BCUT2D eigenvalue weighted by Gasteiger charge is 2.11. The van der Waals surface area contributed by atoms with Crippen LogP contribution in [-0.4, -0.2) is 13.0 Å². The Kier molecular flexibility index (Phi) is 6.07. The van der Waals surface area contributed by atoms with Crippen molar-refractivity contribution in [1.29, 1.82) is 0 Å². The predicted molar refractivity (Wildman–Crippen MR) is 88.7 cm³/mol. The smallest absolute Gasteiger partial charge is 0.137 e. The summed E-state index contributed by atoms with van der Waals surface area (Å²) in [5, 5.41) is 0. The van der Waals surface area contributed by atoms with Gasteiger partial charge in [-0.3, -0.25) is 0 Å². The second kappa shape index (κ2) is 7.81. The van der Waals surface area contributed by atoms with Gasteiger partial charge in [-0.2, -0.15) is 0 Å². The van der Waals surface area contributed by atoms with Crippen molar-refractivity contribution in [3.63, 3.8) is 0 Å². The topological polar surface area (TPSA) is 9.23 Å². The average Bonchev–Trinajstić information content (AvgIpc) is 2.51. The van der Waals surface area contributed by atoms with Gasteiger partial charge in [0.2, 0.25) is 0 Å². The maximum atomic E-state index is 13.3. The van der Waals surface area contributed by atoms with Crippen LogP contribution in [0.4, 0.5) is 4.39 Å². The Balaban J connectivity index is 2.03. The van der Waals surface area contributed by atoms with Gasteiger partial charge in [-0.15, -0.1) is 11.6 Å². The van der Waals surface area contributed by atoms with Gasteiger partial charge in [0.15, 0.2) is 0 Å². The van der Waals surface area contributed by atoms with Gasteiger partial charge in [0, 0.05) is 5.88 Å². The fourth-order valence-corrected chi connectivity index (χ4v) is 2.92. The molecule has 21 heavy (non-hydrogen) atoms. The fraction of sp³-hybridized carbons (Fsp3) is 0.294. The van der Waals surface area contributed by atoms with Gasteiger partial charge in [0.1, 0.15) is 11.6 Å². The zero-order valence-corrected chi connectivity index (χ0v) is 14.1. The van der Waals surface area contributed by atoms with Crippen LogP contribution in [0.3, 0.4) is 0 Å². The first kappa shape index (κ1) is 16.3. The first-order valence-electron chi connectivity index (χ1n) is 6.75. The van der Waals surface area contributed by atoms with E-state index < -0.39 is 0 Å². The molecular formula is C17H17BrClFO. The van der Waals surface area contributed by atoms with Crippen molar-refractivity contribution < 1.29 is 9.13 Å². The number of alkyl halides is 1. The molecule has 0 amide bonds. The molecular weight excluding hydrogens is 355 g/mol. The van der Waals surface area contributed by atoms with Crippen molar-refractivity contribution >= 4 is 27.5 Å². The van der Waals surface area contributed by atoms with E-state index in [-0.39, 0.29) is 5.82 Å². The first-order chi connectivity index (χ1) is 10.1. The number of hydrogen-bond acceptors (Lipinski definition) is 1. The van der Waals surface area contributed by atoms with Gasteiger partial charge in [-0.25, -0.2) is 4.39 Å². The Bertz CT molecular complexity index is 586. The normalized spacial score (nSPS) is 12.2. The Morgan fingerprint density at radius 2 is 1.71 bits per heavy atom. The Morgan fingerprint density at radius 1 is 1.10 bits per heavy atom. The second-order valence-corrected chi connectivity index (χ2v) is 6.19. The average molecular weight is 372 g/mol. The molecule has 4 heteroatoms. The molecule has 0 N–H and O–H groups in total. The molecule has 0 bridgehead atoms. The molecule has 0 saturated heterocycles. The van der Waals surface area contributed by atoms with Crippen LogP contribution < -0.4 is 4.74 Å². The minimum atomic E-state index is -0.240. The zero-order chi connectivity index (χ0) is 15.2. The summed E-state index contributed by atoms with van der Waals surface area (Å²) in [5.74, 6) is 1.50. The van der Waals surface area contributed by atoms with E-state index in [1.807, 2.05) is 24.3 Å². The predicted octanol–water partition coefficient (Wildman–Crippen LogP) is 5.24. The molecule has 0 aromatic heterocycles. The summed E-state index contributed by atoms with van der Waals surface area (Å²) in [6.07, 6.45) is 1.72. The van der Waals surface area contributed by atoms with Crippen LogP contribution in [0.5, 0.6) is 5.75 Å². The highest BCUT2D eigenvalue weighted by atomic mass is 79.9. The van der Waals surface area contributed by atoms with Gasteiger partial charge in [0.05, 0.1) is 11.6 Å². The number of halogens is 3. The summed E-state index contributed by atoms with van der Waals surface area (Å²) in [5.41, 5.74) is 2.31. The van der Waals surface area contributed by atoms with Gasteiger partial charge >= 0.3 is 0 Å². The van der Waals surface area contributed by atoms with Crippen molar-refractivity contribution in [2.24, 2.45) is 5.92 Å². The van der Waals surface area contributed by atoms with E-state index >= 15 is 0 Å². The fourth-order valence-electron chi connectivity index (χ4n) is 2.28. The maximum absolute atomic E-state index is 13.3. The molecule has 0 saturated carbocycles. The van der Waals surface area contributed by atoms with E-state index in [1.165, 1.54) is 11.6 Å². The minimum Gasteiger partial charge on any atom is -0.497 e. The van der Waals surface area contributed by atoms with Crippen LogP contribution in [-0.2, 0) is 12.8 Å². The molecule has 0 spiro atoms. The summed E-state index contributed by atoms with van der Waals surface area (Å²) < 4.78 is 18.9. The number of methoxy groups -OCH3 is 1. The SMILES string of the molecule is COc1ccc(CC(CCl)Cc2ccc(F)c(Br)c2)cc1. The van der Waals surface area contributed by atoms with Gasteiger partial charge in [0.25, 0.3) is 0 Å². The first-order valence-corrected chi connectivity index (χ1v) is 8.08. The van der Waals surface area contributed by atoms with Crippen LogP contribution in [0.1, 0.15) is 11.1 Å². The number of hydrogen-bond donors (Lipinski definition) is 0. The Hall–Kier alpha value is -1.06. The molecule has 2 aromatic rings. The van der Waals surface area contributed by atoms with E-state index in [4.69, 9.17) is 16.3 Å². The number of ether oxygens (including phenoxy) is 1.